The normalized spacial score (nSPS) is 9.95. The van der Waals surface area contributed by atoms with E-state index in [0.717, 1.165) is 11.8 Å². The number of hydrogen-bond acceptors (Lipinski definition) is 3. The first-order valence-electron chi connectivity index (χ1n) is 6.04. The van der Waals surface area contributed by atoms with Gasteiger partial charge in [0.15, 0.2) is 0 Å². The van der Waals surface area contributed by atoms with E-state index in [-0.39, 0.29) is 0 Å². The van der Waals surface area contributed by atoms with E-state index in [0.29, 0.717) is 24.2 Å². The summed E-state index contributed by atoms with van der Waals surface area (Å²) in [5.41, 5.74) is 1.94. The maximum Gasteiger partial charge on any atom is 0.328 e. The van der Waals surface area contributed by atoms with Gasteiger partial charge in [0.1, 0.15) is 6.07 Å². The van der Waals surface area contributed by atoms with Crippen LogP contribution in [0.1, 0.15) is 11.1 Å². The Morgan fingerprint density at radius 3 is 2.50 bits per heavy atom. The lowest BCUT2D eigenvalue weighted by molar-refractivity contribution is -0.131. The number of anilines is 1. The lowest BCUT2D eigenvalue weighted by Gasteiger charge is -2.22. The van der Waals surface area contributed by atoms with Crippen LogP contribution >= 0.6 is 0 Å². The number of rotatable bonds is 7. The molecule has 0 aliphatic heterocycles. The van der Waals surface area contributed by atoms with E-state index in [1.807, 2.05) is 4.90 Å². The van der Waals surface area contributed by atoms with Gasteiger partial charge >= 0.3 is 5.97 Å². The Bertz CT molecular complexity index is 573. The first kappa shape index (κ1) is 15.3. The molecular weight excluding hydrogens is 252 g/mol. The zero-order chi connectivity index (χ0) is 15.0. The van der Waals surface area contributed by atoms with Crippen molar-refractivity contribution in [1.29, 1.82) is 5.26 Å². The molecule has 0 saturated heterocycles. The Kier molecular flexibility index (Phi) is 5.79. The number of carboxylic acid groups (broad SMARTS) is 1. The minimum Gasteiger partial charge on any atom is -0.478 e. The summed E-state index contributed by atoms with van der Waals surface area (Å²) >= 11 is 0. The van der Waals surface area contributed by atoms with E-state index in [2.05, 4.69) is 19.2 Å². The van der Waals surface area contributed by atoms with Gasteiger partial charge < -0.3 is 10.0 Å². The number of carbonyl (C=O) groups is 1. The summed E-state index contributed by atoms with van der Waals surface area (Å²) in [6, 6.07) is 7.36. The predicted octanol–water partition coefficient (Wildman–Crippen LogP) is 2.83. The Labute approximate surface area is 118 Å². The first-order valence-corrected chi connectivity index (χ1v) is 6.04. The first-order chi connectivity index (χ1) is 9.62. The quantitative estimate of drug-likeness (QED) is 0.610. The van der Waals surface area contributed by atoms with Crippen LogP contribution in [0.4, 0.5) is 5.69 Å². The van der Waals surface area contributed by atoms with Crippen molar-refractivity contribution in [2.75, 3.05) is 18.0 Å². The molecule has 1 rings (SSSR count). The monoisotopic (exact) mass is 268 g/mol. The third-order valence-corrected chi connectivity index (χ3v) is 2.60. The molecule has 0 aliphatic carbocycles. The van der Waals surface area contributed by atoms with Crippen LogP contribution in [-0.2, 0) is 4.79 Å². The van der Waals surface area contributed by atoms with Gasteiger partial charge in [-0.3, -0.25) is 0 Å². The van der Waals surface area contributed by atoms with Crippen LogP contribution in [0.3, 0.4) is 0 Å². The van der Waals surface area contributed by atoms with Crippen molar-refractivity contribution in [1.82, 2.24) is 0 Å². The molecule has 0 atom stereocenters. The second-order valence-corrected chi connectivity index (χ2v) is 4.04. The second-order valence-electron chi connectivity index (χ2n) is 4.04. The van der Waals surface area contributed by atoms with Gasteiger partial charge in [0.25, 0.3) is 0 Å². The predicted molar refractivity (Wildman–Crippen MR) is 80.4 cm³/mol. The molecule has 1 N–H and O–H groups in total. The lowest BCUT2D eigenvalue weighted by Crippen LogP contribution is -2.24. The van der Waals surface area contributed by atoms with E-state index >= 15 is 0 Å². The van der Waals surface area contributed by atoms with Crippen LogP contribution < -0.4 is 4.90 Å². The number of carboxylic acids is 1. The zero-order valence-electron chi connectivity index (χ0n) is 11.1. The number of hydrogen-bond donors (Lipinski definition) is 1. The molecule has 102 valence electrons. The van der Waals surface area contributed by atoms with Crippen molar-refractivity contribution >= 4 is 17.7 Å². The number of aliphatic carboxylic acids is 1. The molecule has 0 fully saturated rings. The third kappa shape index (κ3) is 4.14. The molecule has 0 aromatic heterocycles. The van der Waals surface area contributed by atoms with Crippen LogP contribution in [0.5, 0.6) is 0 Å². The zero-order valence-corrected chi connectivity index (χ0v) is 11.1. The van der Waals surface area contributed by atoms with Gasteiger partial charge in [-0.2, -0.15) is 5.26 Å². The summed E-state index contributed by atoms with van der Waals surface area (Å²) < 4.78 is 0. The molecule has 20 heavy (non-hydrogen) atoms. The number of nitriles is 1. The van der Waals surface area contributed by atoms with Crippen LogP contribution in [0.25, 0.3) is 6.08 Å². The number of benzene rings is 1. The standard InChI is InChI=1S/C16H16N2O2/c1-3-9-18(10-4-2)15-7-5-13(6-8-16(19)20)11-14(15)12-17/h3-8,11H,1-2,9-10H2,(H,19,20)/b8-6+. The summed E-state index contributed by atoms with van der Waals surface area (Å²) in [6.45, 7) is 8.59. The molecule has 4 heteroatoms. The van der Waals surface area contributed by atoms with Crippen LogP contribution in [0.15, 0.2) is 49.6 Å². The van der Waals surface area contributed by atoms with Gasteiger partial charge in [-0.05, 0) is 23.8 Å². The van der Waals surface area contributed by atoms with Gasteiger partial charge in [0.2, 0.25) is 0 Å². The highest BCUT2D eigenvalue weighted by atomic mass is 16.4. The smallest absolute Gasteiger partial charge is 0.328 e. The van der Waals surface area contributed by atoms with Crippen LogP contribution in [0, 0.1) is 11.3 Å². The minimum atomic E-state index is -1.02. The van der Waals surface area contributed by atoms with Gasteiger partial charge in [-0.25, -0.2) is 4.79 Å². The highest BCUT2D eigenvalue weighted by molar-refractivity contribution is 5.85. The second kappa shape index (κ2) is 7.59. The maximum atomic E-state index is 10.5. The highest BCUT2D eigenvalue weighted by Crippen LogP contribution is 2.22. The molecule has 0 bridgehead atoms. The van der Waals surface area contributed by atoms with Crippen LogP contribution in [0.2, 0.25) is 0 Å². The average molecular weight is 268 g/mol. The summed E-state index contributed by atoms with van der Waals surface area (Å²) in [7, 11) is 0. The van der Waals surface area contributed by atoms with Crippen molar-refractivity contribution in [3.8, 4) is 6.07 Å². The molecule has 1 aromatic rings. The van der Waals surface area contributed by atoms with Crippen molar-refractivity contribution in [2.45, 2.75) is 0 Å². The Morgan fingerprint density at radius 2 is 2.00 bits per heavy atom. The topological polar surface area (TPSA) is 64.3 Å². The molecular formula is C16H16N2O2. The van der Waals surface area contributed by atoms with Crippen molar-refractivity contribution in [2.24, 2.45) is 0 Å². The van der Waals surface area contributed by atoms with Crippen molar-refractivity contribution in [3.63, 3.8) is 0 Å². The van der Waals surface area contributed by atoms with Gasteiger partial charge in [0, 0.05) is 19.2 Å². The van der Waals surface area contributed by atoms with Gasteiger partial charge in [-0.15, -0.1) is 13.2 Å². The molecule has 0 unspecified atom stereocenters. The van der Waals surface area contributed by atoms with E-state index in [1.165, 1.54) is 6.08 Å². The fraction of sp³-hybridized carbons (Fsp3) is 0.125. The van der Waals surface area contributed by atoms with E-state index in [9.17, 15) is 10.1 Å². The fourth-order valence-corrected chi connectivity index (χ4v) is 1.77. The SMILES string of the molecule is C=CCN(CC=C)c1ccc(/C=C/C(=O)O)cc1C#N. The average Bonchev–Trinajstić information content (AvgIpc) is 2.44. The number of nitrogens with zero attached hydrogens (tertiary/aromatic N) is 2. The summed E-state index contributed by atoms with van der Waals surface area (Å²) in [6.07, 6.45) is 6.01. The largest absolute Gasteiger partial charge is 0.478 e. The summed E-state index contributed by atoms with van der Waals surface area (Å²) in [4.78, 5) is 12.5. The van der Waals surface area contributed by atoms with E-state index < -0.39 is 5.97 Å². The van der Waals surface area contributed by atoms with Crippen molar-refractivity contribution < 1.29 is 9.90 Å². The molecule has 0 aliphatic rings. The van der Waals surface area contributed by atoms with Crippen LogP contribution in [-0.4, -0.2) is 24.2 Å². The van der Waals surface area contributed by atoms with Crippen molar-refractivity contribution in [3.05, 3.63) is 60.7 Å². The van der Waals surface area contributed by atoms with Gasteiger partial charge in [0.05, 0.1) is 11.3 Å². The highest BCUT2D eigenvalue weighted by Gasteiger charge is 2.09. The molecule has 0 heterocycles. The Morgan fingerprint density at radius 1 is 1.35 bits per heavy atom. The summed E-state index contributed by atoms with van der Waals surface area (Å²) in [5, 5.41) is 17.8. The molecule has 0 saturated carbocycles. The van der Waals surface area contributed by atoms with Gasteiger partial charge in [-0.1, -0.05) is 18.2 Å². The Hall–Kier alpha value is -2.80. The molecule has 4 nitrogen and oxygen atoms in total. The fourth-order valence-electron chi connectivity index (χ4n) is 1.77. The third-order valence-electron chi connectivity index (χ3n) is 2.60. The minimum absolute atomic E-state index is 0.487. The molecule has 0 spiro atoms. The summed E-state index contributed by atoms with van der Waals surface area (Å²) in [5.74, 6) is -1.02. The molecule has 0 amide bonds. The maximum absolute atomic E-state index is 10.5. The molecule has 1 aromatic carbocycles. The molecule has 0 radical (unpaired) electrons. The lowest BCUT2D eigenvalue weighted by atomic mass is 10.1. The van der Waals surface area contributed by atoms with E-state index in [1.54, 1.807) is 30.4 Å². The van der Waals surface area contributed by atoms with E-state index in [4.69, 9.17) is 5.11 Å². The Balaban J connectivity index is 3.15.